The Morgan fingerprint density at radius 3 is 2.61 bits per heavy atom. The summed E-state index contributed by atoms with van der Waals surface area (Å²) >= 11 is 0. The van der Waals surface area contributed by atoms with E-state index in [0.717, 1.165) is 12.8 Å². The molecule has 1 aromatic carbocycles. The minimum Gasteiger partial charge on any atom is -0.493 e. The quantitative estimate of drug-likeness (QED) is 0.571. The van der Waals surface area contributed by atoms with E-state index in [1.165, 1.54) is 19.1 Å². The molecule has 0 atom stereocenters. The van der Waals surface area contributed by atoms with Gasteiger partial charge in [0.05, 0.1) is 20.0 Å². The monoisotopic (exact) mass is 428 g/mol. The maximum atomic E-state index is 12.7. The third kappa shape index (κ3) is 6.26. The molecule has 0 radical (unpaired) electrons. The Morgan fingerprint density at radius 1 is 1.13 bits per heavy atom. The lowest BCUT2D eigenvalue weighted by molar-refractivity contribution is 0.0667. The summed E-state index contributed by atoms with van der Waals surface area (Å²) in [5, 5.41) is 3.07. The van der Waals surface area contributed by atoms with E-state index in [-0.39, 0.29) is 17.9 Å². The third-order valence-corrected chi connectivity index (χ3v) is 5.53. The average molecular weight is 429 g/mol. The molecule has 0 bridgehead atoms. The van der Waals surface area contributed by atoms with E-state index >= 15 is 0 Å². The molecule has 2 amide bonds. The molecule has 7 heteroatoms. The second kappa shape index (κ2) is 11.4. The van der Waals surface area contributed by atoms with Crippen molar-refractivity contribution >= 4 is 11.8 Å². The maximum Gasteiger partial charge on any atom is 0.289 e. The highest BCUT2D eigenvalue weighted by atomic mass is 16.5. The van der Waals surface area contributed by atoms with Crippen LogP contribution < -0.4 is 14.8 Å². The molecule has 1 N–H and O–H groups in total. The van der Waals surface area contributed by atoms with Crippen molar-refractivity contribution in [3.05, 3.63) is 47.9 Å². The van der Waals surface area contributed by atoms with Crippen molar-refractivity contribution < 1.29 is 23.5 Å². The molecule has 3 rings (SSSR count). The number of methoxy groups -OCH3 is 1. The topological polar surface area (TPSA) is 81.0 Å². The largest absolute Gasteiger partial charge is 0.493 e. The Bertz CT molecular complexity index is 842. The van der Waals surface area contributed by atoms with Gasteiger partial charge in [-0.25, -0.2) is 0 Å². The first-order valence-electron chi connectivity index (χ1n) is 11.1. The van der Waals surface area contributed by atoms with Crippen LogP contribution in [0, 0.1) is 0 Å². The number of nitrogens with zero attached hydrogens (tertiary/aromatic N) is 1. The summed E-state index contributed by atoms with van der Waals surface area (Å²) in [6.45, 7) is 3.98. The van der Waals surface area contributed by atoms with Crippen molar-refractivity contribution in [2.75, 3.05) is 26.8 Å². The van der Waals surface area contributed by atoms with E-state index in [9.17, 15) is 9.59 Å². The predicted octanol–water partition coefficient (Wildman–Crippen LogP) is 4.28. The van der Waals surface area contributed by atoms with Gasteiger partial charge in [-0.15, -0.1) is 0 Å². The fourth-order valence-electron chi connectivity index (χ4n) is 3.69. The highest BCUT2D eigenvalue weighted by Crippen LogP contribution is 2.28. The second-order valence-corrected chi connectivity index (χ2v) is 7.79. The number of unbranched alkanes of at least 4 members (excludes halogenated alkanes) is 3. The fourth-order valence-corrected chi connectivity index (χ4v) is 3.69. The summed E-state index contributed by atoms with van der Waals surface area (Å²) in [4.78, 5) is 26.8. The van der Waals surface area contributed by atoms with Gasteiger partial charge >= 0.3 is 0 Å². The number of nitrogens with one attached hydrogen (secondary N) is 1. The maximum absolute atomic E-state index is 12.7. The lowest BCUT2D eigenvalue weighted by atomic mass is 10.0. The summed E-state index contributed by atoms with van der Waals surface area (Å²) in [6.07, 6.45) is 7.44. The fraction of sp³-hybridized carbons (Fsp3) is 0.500. The van der Waals surface area contributed by atoms with Crippen LogP contribution in [0.3, 0.4) is 0 Å². The lowest BCUT2D eigenvalue weighted by Crippen LogP contribution is -2.46. The van der Waals surface area contributed by atoms with Crippen LogP contribution >= 0.6 is 0 Å². The van der Waals surface area contributed by atoms with E-state index < -0.39 is 0 Å². The Morgan fingerprint density at radius 2 is 1.94 bits per heavy atom. The molecular weight excluding hydrogens is 396 g/mol. The van der Waals surface area contributed by atoms with Gasteiger partial charge in [-0.3, -0.25) is 9.59 Å². The third-order valence-electron chi connectivity index (χ3n) is 5.53. The first-order valence-corrected chi connectivity index (χ1v) is 11.1. The van der Waals surface area contributed by atoms with Crippen molar-refractivity contribution in [3.8, 4) is 11.5 Å². The summed E-state index contributed by atoms with van der Waals surface area (Å²) < 4.78 is 16.4. The first kappa shape index (κ1) is 22.7. The first-order chi connectivity index (χ1) is 15.1. The lowest BCUT2D eigenvalue weighted by Gasteiger charge is -2.31. The zero-order valence-corrected chi connectivity index (χ0v) is 18.4. The molecule has 0 saturated carbocycles. The van der Waals surface area contributed by atoms with Crippen LogP contribution in [0.1, 0.15) is 66.4 Å². The number of hydrogen-bond acceptors (Lipinski definition) is 5. The molecule has 2 aromatic rings. The molecule has 1 saturated heterocycles. The molecule has 1 fully saturated rings. The molecule has 0 aliphatic carbocycles. The van der Waals surface area contributed by atoms with Gasteiger partial charge in [0.15, 0.2) is 17.3 Å². The number of ether oxygens (including phenoxy) is 2. The van der Waals surface area contributed by atoms with Gasteiger partial charge in [0.2, 0.25) is 0 Å². The number of hydrogen-bond donors (Lipinski definition) is 1. The Balaban J connectivity index is 1.49. The van der Waals surface area contributed by atoms with E-state index in [1.807, 2.05) is 0 Å². The van der Waals surface area contributed by atoms with Crippen LogP contribution in [0.15, 0.2) is 41.0 Å². The van der Waals surface area contributed by atoms with E-state index in [1.54, 1.807) is 42.3 Å². The van der Waals surface area contributed by atoms with Crippen molar-refractivity contribution in [2.24, 2.45) is 0 Å². The molecule has 31 heavy (non-hydrogen) atoms. The summed E-state index contributed by atoms with van der Waals surface area (Å²) in [6, 6.07) is 8.66. The van der Waals surface area contributed by atoms with Crippen LogP contribution in [0.25, 0.3) is 0 Å². The smallest absolute Gasteiger partial charge is 0.289 e. The molecule has 0 spiro atoms. The average Bonchev–Trinajstić information content (AvgIpc) is 3.34. The van der Waals surface area contributed by atoms with Crippen LogP contribution in [0.4, 0.5) is 0 Å². The number of amides is 2. The van der Waals surface area contributed by atoms with Gasteiger partial charge in [-0.05, 0) is 49.6 Å². The van der Waals surface area contributed by atoms with Gasteiger partial charge < -0.3 is 24.1 Å². The summed E-state index contributed by atoms with van der Waals surface area (Å²) in [7, 11) is 1.58. The minimum absolute atomic E-state index is 0.0219. The molecule has 168 valence electrons. The molecular formula is C24H32N2O5. The second-order valence-electron chi connectivity index (χ2n) is 7.79. The number of piperidine rings is 1. The molecule has 1 aromatic heterocycles. The SMILES string of the molecule is CCCCCCOc1ccc(C(=O)NC2CCN(C(=O)c3ccco3)CC2)cc1OC. The standard InChI is InChI=1S/C24H32N2O5/c1-3-4-5-6-15-30-20-10-9-18(17-22(20)29-2)23(27)25-19-11-13-26(14-12-19)24(28)21-8-7-16-31-21/h7-10,16-17,19H,3-6,11-15H2,1-2H3,(H,25,27). The minimum atomic E-state index is -0.149. The van der Waals surface area contributed by atoms with Crippen LogP contribution in [-0.4, -0.2) is 49.6 Å². The van der Waals surface area contributed by atoms with Gasteiger partial charge in [0, 0.05) is 24.7 Å². The van der Waals surface area contributed by atoms with Crippen molar-refractivity contribution in [1.29, 1.82) is 0 Å². The van der Waals surface area contributed by atoms with Crippen molar-refractivity contribution in [3.63, 3.8) is 0 Å². The highest BCUT2D eigenvalue weighted by Gasteiger charge is 2.26. The van der Waals surface area contributed by atoms with Crippen LogP contribution in [0.5, 0.6) is 11.5 Å². The van der Waals surface area contributed by atoms with Crippen LogP contribution in [0.2, 0.25) is 0 Å². The van der Waals surface area contributed by atoms with Gasteiger partial charge in [0.1, 0.15) is 0 Å². The number of likely N-dealkylation sites (tertiary alicyclic amines) is 1. The van der Waals surface area contributed by atoms with Crippen molar-refractivity contribution in [2.45, 2.75) is 51.5 Å². The molecule has 7 nitrogen and oxygen atoms in total. The van der Waals surface area contributed by atoms with Gasteiger partial charge in [-0.2, -0.15) is 0 Å². The summed E-state index contributed by atoms with van der Waals surface area (Å²) in [5.74, 6) is 1.30. The summed E-state index contributed by atoms with van der Waals surface area (Å²) in [5.41, 5.74) is 0.532. The zero-order chi connectivity index (χ0) is 22.1. The Hall–Kier alpha value is -2.96. The normalized spacial score (nSPS) is 14.3. The van der Waals surface area contributed by atoms with E-state index in [4.69, 9.17) is 13.9 Å². The van der Waals surface area contributed by atoms with E-state index in [2.05, 4.69) is 12.2 Å². The van der Waals surface area contributed by atoms with Gasteiger partial charge in [-0.1, -0.05) is 26.2 Å². The zero-order valence-electron chi connectivity index (χ0n) is 18.4. The van der Waals surface area contributed by atoms with Gasteiger partial charge in [0.25, 0.3) is 11.8 Å². The number of carbonyl (C=O) groups is 2. The van der Waals surface area contributed by atoms with E-state index in [0.29, 0.717) is 55.4 Å². The number of rotatable bonds is 10. The Labute approximate surface area is 183 Å². The molecule has 2 heterocycles. The number of benzene rings is 1. The van der Waals surface area contributed by atoms with Crippen LogP contribution in [-0.2, 0) is 0 Å². The predicted molar refractivity (Wildman–Crippen MR) is 118 cm³/mol. The molecule has 1 aliphatic heterocycles. The Kier molecular flexibility index (Phi) is 8.38. The molecule has 1 aliphatic rings. The van der Waals surface area contributed by atoms with Crippen molar-refractivity contribution in [1.82, 2.24) is 10.2 Å². The highest BCUT2D eigenvalue weighted by molar-refractivity contribution is 5.95. The number of carbonyl (C=O) groups excluding carboxylic acids is 2. The number of furan rings is 1. The molecule has 0 unspecified atom stereocenters.